The summed E-state index contributed by atoms with van der Waals surface area (Å²) in [5.41, 5.74) is 1.45. The number of nitrogens with zero attached hydrogens (tertiary/aromatic N) is 2. The first kappa shape index (κ1) is 22.0. The van der Waals surface area contributed by atoms with E-state index in [9.17, 15) is 14.7 Å². The van der Waals surface area contributed by atoms with Crippen LogP contribution in [0.2, 0.25) is 0 Å². The Bertz CT molecular complexity index is 1300. The van der Waals surface area contributed by atoms with Crippen LogP contribution in [0.25, 0.3) is 0 Å². The fraction of sp³-hybridized carbons (Fsp3) is 0.286. The zero-order chi connectivity index (χ0) is 23.8. The standard InChI is InChI=1S/C28H28N2O4/c1-18(2)20-12-8-16-34-24-13-7-6-11-21(24)25(19-9-4-3-5-10-19)30-17-22(20)27(32)26-28(33)23(31)14-15-29(26)30/h3-15,18,20,22,25,33H,16-17H2,1-2H3/b12-8+/t20?,22?,25-/m0/s1. The van der Waals surface area contributed by atoms with Crippen LogP contribution in [-0.2, 0) is 0 Å². The van der Waals surface area contributed by atoms with Gasteiger partial charge in [0.25, 0.3) is 0 Å². The lowest BCUT2D eigenvalue weighted by molar-refractivity contribution is 0.0822. The number of carbonyl (C=O) groups is 1. The Hall–Kier alpha value is -3.80. The average Bonchev–Trinajstić information content (AvgIpc) is 2.86. The first-order chi connectivity index (χ1) is 16.5. The average molecular weight is 457 g/mol. The van der Waals surface area contributed by atoms with Crippen molar-refractivity contribution in [3.63, 3.8) is 0 Å². The monoisotopic (exact) mass is 456 g/mol. The molecule has 5 rings (SSSR count). The number of ketones is 1. The molecule has 0 saturated carbocycles. The van der Waals surface area contributed by atoms with Gasteiger partial charge in [-0.05, 0) is 23.5 Å². The number of Topliss-reactive ketones (excluding diaryl/α,β-unsaturated/α-hetero) is 1. The molecular weight excluding hydrogens is 428 g/mol. The topological polar surface area (TPSA) is 71.8 Å². The van der Waals surface area contributed by atoms with Crippen LogP contribution in [0, 0.1) is 17.8 Å². The second kappa shape index (κ2) is 8.86. The highest BCUT2D eigenvalue weighted by atomic mass is 16.5. The summed E-state index contributed by atoms with van der Waals surface area (Å²) in [6.07, 6.45) is 5.60. The van der Waals surface area contributed by atoms with Gasteiger partial charge in [-0.25, -0.2) is 0 Å². The van der Waals surface area contributed by atoms with E-state index < -0.39 is 17.1 Å². The number of rotatable bonds is 2. The Morgan fingerprint density at radius 3 is 2.50 bits per heavy atom. The van der Waals surface area contributed by atoms with E-state index in [-0.39, 0.29) is 29.4 Å². The summed E-state index contributed by atoms with van der Waals surface area (Å²) in [6, 6.07) is 18.9. The third-order valence-corrected chi connectivity index (χ3v) is 6.84. The summed E-state index contributed by atoms with van der Waals surface area (Å²) < 4.78 is 7.85. The van der Waals surface area contributed by atoms with Crippen molar-refractivity contribution in [2.45, 2.75) is 19.9 Å². The lowest BCUT2D eigenvalue weighted by Gasteiger charge is -2.44. The van der Waals surface area contributed by atoms with Crippen molar-refractivity contribution >= 4 is 5.78 Å². The zero-order valence-electron chi connectivity index (χ0n) is 19.3. The Morgan fingerprint density at radius 2 is 1.74 bits per heavy atom. The summed E-state index contributed by atoms with van der Waals surface area (Å²) in [4.78, 5) is 26.1. The minimum absolute atomic E-state index is 0.0429. The Balaban J connectivity index is 1.82. The minimum atomic E-state index is -0.554. The van der Waals surface area contributed by atoms with Crippen molar-refractivity contribution in [3.05, 3.63) is 106 Å². The van der Waals surface area contributed by atoms with Crippen molar-refractivity contribution < 1.29 is 14.6 Å². The van der Waals surface area contributed by atoms with Crippen molar-refractivity contribution in [3.8, 4) is 11.5 Å². The third kappa shape index (κ3) is 3.69. The van der Waals surface area contributed by atoms with Gasteiger partial charge in [-0.15, -0.1) is 0 Å². The number of ether oxygens (including phenoxy) is 1. The maximum absolute atomic E-state index is 13.7. The molecule has 0 saturated heterocycles. The quantitative estimate of drug-likeness (QED) is 0.582. The van der Waals surface area contributed by atoms with Crippen molar-refractivity contribution in [2.75, 3.05) is 18.2 Å². The molecule has 0 amide bonds. The van der Waals surface area contributed by atoms with E-state index in [2.05, 4.69) is 18.9 Å². The van der Waals surface area contributed by atoms with Crippen molar-refractivity contribution in [1.29, 1.82) is 0 Å². The van der Waals surface area contributed by atoms with Gasteiger partial charge >= 0.3 is 0 Å². The molecule has 6 heteroatoms. The van der Waals surface area contributed by atoms with E-state index in [1.54, 1.807) is 10.9 Å². The van der Waals surface area contributed by atoms with Crippen LogP contribution < -0.4 is 15.2 Å². The number of aromatic nitrogens is 1. The van der Waals surface area contributed by atoms with Gasteiger partial charge in [0.15, 0.2) is 17.2 Å². The molecule has 2 unspecified atom stereocenters. The van der Waals surface area contributed by atoms with Gasteiger partial charge in [-0.3, -0.25) is 19.3 Å². The first-order valence-electron chi connectivity index (χ1n) is 11.7. The molecule has 0 aliphatic carbocycles. The number of fused-ring (bicyclic) bond motifs is 5. The number of hydrogen-bond donors (Lipinski definition) is 1. The van der Waals surface area contributed by atoms with Gasteiger partial charge in [0.2, 0.25) is 5.43 Å². The molecule has 2 aliphatic heterocycles. The van der Waals surface area contributed by atoms with Crippen LogP contribution in [0.3, 0.4) is 0 Å². The molecule has 0 fully saturated rings. The van der Waals surface area contributed by atoms with Gasteiger partial charge in [-0.2, -0.15) is 0 Å². The predicted octanol–water partition coefficient (Wildman–Crippen LogP) is 4.31. The highest BCUT2D eigenvalue weighted by Gasteiger charge is 2.42. The molecule has 1 N–H and O–H groups in total. The van der Waals surface area contributed by atoms with Crippen LogP contribution >= 0.6 is 0 Å². The molecule has 174 valence electrons. The lowest BCUT2D eigenvalue weighted by Crippen LogP contribution is -2.52. The van der Waals surface area contributed by atoms with Gasteiger partial charge in [0, 0.05) is 30.3 Å². The highest BCUT2D eigenvalue weighted by molar-refractivity contribution is 6.00. The molecule has 3 heterocycles. The summed E-state index contributed by atoms with van der Waals surface area (Å²) in [6.45, 7) is 4.99. The number of carbonyl (C=O) groups excluding carboxylic acids is 1. The molecule has 0 spiro atoms. The number of aromatic hydroxyl groups is 1. The van der Waals surface area contributed by atoms with Gasteiger partial charge in [0.05, 0.1) is 6.04 Å². The normalized spacial score (nSPS) is 22.9. The molecule has 6 nitrogen and oxygen atoms in total. The van der Waals surface area contributed by atoms with E-state index >= 15 is 0 Å². The molecule has 0 radical (unpaired) electrons. The number of para-hydroxylation sites is 1. The Morgan fingerprint density at radius 1 is 1.00 bits per heavy atom. The second-order valence-electron chi connectivity index (χ2n) is 9.23. The predicted molar refractivity (Wildman–Crippen MR) is 131 cm³/mol. The Labute approximate surface area is 198 Å². The van der Waals surface area contributed by atoms with E-state index in [1.807, 2.05) is 66.7 Å². The smallest absolute Gasteiger partial charge is 0.224 e. The summed E-state index contributed by atoms with van der Waals surface area (Å²) in [5.74, 6) is -0.297. The van der Waals surface area contributed by atoms with Crippen molar-refractivity contribution in [1.82, 2.24) is 4.68 Å². The molecule has 2 aromatic carbocycles. The number of allylic oxidation sites excluding steroid dienone is 1. The number of benzene rings is 2. The SMILES string of the molecule is CC(C)C1/C=C/COc2ccccc2[C@H](c2ccccc2)N2CC1C(=O)c1c(O)c(=O)ccn12. The van der Waals surface area contributed by atoms with Crippen LogP contribution in [-0.4, -0.2) is 28.7 Å². The molecule has 2 aliphatic rings. The lowest BCUT2D eigenvalue weighted by atomic mass is 9.78. The van der Waals surface area contributed by atoms with Crippen LogP contribution in [0.1, 0.15) is 41.5 Å². The molecule has 34 heavy (non-hydrogen) atoms. The van der Waals surface area contributed by atoms with Crippen LogP contribution in [0.15, 0.2) is 83.8 Å². The van der Waals surface area contributed by atoms with E-state index in [0.717, 1.165) is 16.9 Å². The van der Waals surface area contributed by atoms with Crippen LogP contribution in [0.4, 0.5) is 0 Å². The number of pyridine rings is 1. The highest BCUT2D eigenvalue weighted by Crippen LogP contribution is 2.40. The van der Waals surface area contributed by atoms with E-state index in [4.69, 9.17) is 4.74 Å². The minimum Gasteiger partial charge on any atom is -0.503 e. The van der Waals surface area contributed by atoms with E-state index in [1.165, 1.54) is 6.07 Å². The fourth-order valence-corrected chi connectivity index (χ4v) is 5.19. The van der Waals surface area contributed by atoms with Gasteiger partial charge in [0.1, 0.15) is 12.4 Å². The number of hydrogen-bond acceptors (Lipinski definition) is 5. The second-order valence-corrected chi connectivity index (χ2v) is 9.23. The maximum Gasteiger partial charge on any atom is 0.224 e. The third-order valence-electron chi connectivity index (χ3n) is 6.84. The van der Waals surface area contributed by atoms with Crippen molar-refractivity contribution in [2.24, 2.45) is 17.8 Å². The molecule has 3 aromatic rings. The maximum atomic E-state index is 13.7. The van der Waals surface area contributed by atoms with E-state index in [0.29, 0.717) is 13.2 Å². The molecule has 3 atom stereocenters. The fourth-order valence-electron chi connectivity index (χ4n) is 5.19. The summed E-state index contributed by atoms with van der Waals surface area (Å²) in [5, 5.41) is 12.8. The zero-order valence-corrected chi connectivity index (χ0v) is 19.3. The Kier molecular flexibility index (Phi) is 5.74. The first-order valence-corrected chi connectivity index (χ1v) is 11.7. The summed E-state index contributed by atoms with van der Waals surface area (Å²) in [7, 11) is 0. The molecule has 1 aromatic heterocycles. The largest absolute Gasteiger partial charge is 0.503 e. The van der Waals surface area contributed by atoms with Gasteiger partial charge < -0.3 is 9.84 Å². The molecule has 2 bridgehead atoms. The van der Waals surface area contributed by atoms with Crippen LogP contribution in [0.5, 0.6) is 11.5 Å². The van der Waals surface area contributed by atoms with Gasteiger partial charge in [-0.1, -0.05) is 74.5 Å². The molecular formula is C28H28N2O4. The summed E-state index contributed by atoms with van der Waals surface area (Å²) >= 11 is 0.